The monoisotopic (exact) mass is 280 g/mol. The summed E-state index contributed by atoms with van der Waals surface area (Å²) in [6, 6.07) is 7.76. The molecule has 20 heavy (non-hydrogen) atoms. The molecular weight excluding hydrogens is 260 g/mol. The molecule has 0 saturated carbocycles. The van der Waals surface area contributed by atoms with Crippen molar-refractivity contribution in [1.29, 1.82) is 0 Å². The van der Waals surface area contributed by atoms with Crippen LogP contribution in [0.1, 0.15) is 19.4 Å². The van der Waals surface area contributed by atoms with Crippen molar-refractivity contribution >= 4 is 11.9 Å². The van der Waals surface area contributed by atoms with E-state index in [9.17, 15) is 14.8 Å². The molecule has 0 radical (unpaired) electrons. The lowest BCUT2D eigenvalue weighted by Crippen LogP contribution is -2.48. The third-order valence-electron chi connectivity index (χ3n) is 2.93. The number of rotatable bonds is 6. The molecule has 0 aliphatic carbocycles. The molecule has 6 nitrogen and oxygen atoms in total. The van der Waals surface area contributed by atoms with Gasteiger partial charge in [-0.2, -0.15) is 5.06 Å². The summed E-state index contributed by atoms with van der Waals surface area (Å²) in [4.78, 5) is 23.1. The van der Waals surface area contributed by atoms with E-state index in [2.05, 4.69) is 10.1 Å². The number of hydrogen-bond acceptors (Lipinski definition) is 5. The molecular formula is C14H20N2O4. The van der Waals surface area contributed by atoms with Crippen LogP contribution in [0.4, 0.5) is 0 Å². The number of carbonyl (C=O) groups is 2. The maximum Gasteiger partial charge on any atom is 0.328 e. The summed E-state index contributed by atoms with van der Waals surface area (Å²) in [5, 5.41) is 13.3. The number of hydroxylamine groups is 2. The van der Waals surface area contributed by atoms with Crippen molar-refractivity contribution in [2.24, 2.45) is 0 Å². The first-order valence-electron chi connectivity index (χ1n) is 6.33. The fraction of sp³-hybridized carbons (Fsp3) is 0.429. The van der Waals surface area contributed by atoms with Crippen molar-refractivity contribution in [2.75, 3.05) is 7.11 Å². The summed E-state index contributed by atoms with van der Waals surface area (Å²) < 4.78 is 4.52. The van der Waals surface area contributed by atoms with Gasteiger partial charge in [0.15, 0.2) is 0 Å². The molecule has 0 aromatic heterocycles. The molecule has 0 spiro atoms. The van der Waals surface area contributed by atoms with Crippen molar-refractivity contribution in [3.8, 4) is 0 Å². The Morgan fingerprint density at radius 3 is 2.45 bits per heavy atom. The third kappa shape index (κ3) is 4.64. The first kappa shape index (κ1) is 16.1. The van der Waals surface area contributed by atoms with Crippen LogP contribution >= 0.6 is 0 Å². The number of benzene rings is 1. The standard InChI is InChI=1S/C14H20N2O4/c1-10(14(18)20-3)15-13(17)11(2)16(19)9-12-7-5-4-6-8-12/h4-8,10-11,19H,9H2,1-3H3,(H,15,17)/t10-,11-/m0/s1. The van der Waals surface area contributed by atoms with E-state index < -0.39 is 24.0 Å². The molecule has 0 heterocycles. The largest absolute Gasteiger partial charge is 0.467 e. The van der Waals surface area contributed by atoms with E-state index in [1.165, 1.54) is 14.0 Å². The number of amides is 1. The van der Waals surface area contributed by atoms with Crippen LogP contribution in [0.3, 0.4) is 0 Å². The third-order valence-corrected chi connectivity index (χ3v) is 2.93. The maximum atomic E-state index is 11.9. The Bertz CT molecular complexity index is 450. The second kappa shape index (κ2) is 7.62. The zero-order valence-electron chi connectivity index (χ0n) is 11.9. The fourth-order valence-corrected chi connectivity index (χ4v) is 1.61. The summed E-state index contributed by atoms with van der Waals surface area (Å²) in [7, 11) is 1.25. The lowest BCUT2D eigenvalue weighted by atomic mass is 10.2. The van der Waals surface area contributed by atoms with Gasteiger partial charge in [0.25, 0.3) is 0 Å². The van der Waals surface area contributed by atoms with E-state index in [-0.39, 0.29) is 6.54 Å². The maximum absolute atomic E-state index is 11.9. The molecule has 0 bridgehead atoms. The highest BCUT2D eigenvalue weighted by Crippen LogP contribution is 2.06. The van der Waals surface area contributed by atoms with Crippen LogP contribution in [0.15, 0.2) is 30.3 Å². The van der Waals surface area contributed by atoms with Crippen LogP contribution < -0.4 is 5.32 Å². The summed E-state index contributed by atoms with van der Waals surface area (Å²) in [5.41, 5.74) is 0.885. The Labute approximate surface area is 118 Å². The number of hydrogen-bond donors (Lipinski definition) is 2. The van der Waals surface area contributed by atoms with Gasteiger partial charge in [-0.1, -0.05) is 30.3 Å². The van der Waals surface area contributed by atoms with Gasteiger partial charge in [0.2, 0.25) is 5.91 Å². The SMILES string of the molecule is COC(=O)[C@H](C)NC(=O)[C@H](C)N(O)Cc1ccccc1. The molecule has 0 unspecified atom stereocenters. The van der Waals surface area contributed by atoms with Crippen LogP contribution in [0, 0.1) is 0 Å². The molecule has 2 N–H and O–H groups in total. The molecule has 0 aliphatic rings. The van der Waals surface area contributed by atoms with Crippen LogP contribution in [-0.2, 0) is 20.9 Å². The zero-order chi connectivity index (χ0) is 15.1. The van der Waals surface area contributed by atoms with Crippen LogP contribution in [0.2, 0.25) is 0 Å². The summed E-state index contributed by atoms with van der Waals surface area (Å²) in [6.07, 6.45) is 0. The van der Waals surface area contributed by atoms with Gasteiger partial charge in [-0.25, -0.2) is 4.79 Å². The van der Waals surface area contributed by atoms with Crippen LogP contribution in [-0.4, -0.2) is 41.3 Å². The first-order valence-corrected chi connectivity index (χ1v) is 6.33. The van der Waals surface area contributed by atoms with Crippen molar-refractivity contribution in [1.82, 2.24) is 10.4 Å². The Kier molecular flexibility index (Phi) is 6.14. The van der Waals surface area contributed by atoms with E-state index in [0.29, 0.717) is 0 Å². The Morgan fingerprint density at radius 2 is 1.90 bits per heavy atom. The molecule has 6 heteroatoms. The van der Waals surface area contributed by atoms with Gasteiger partial charge in [0, 0.05) is 6.54 Å². The first-order chi connectivity index (χ1) is 9.45. The Morgan fingerprint density at radius 1 is 1.30 bits per heavy atom. The molecule has 1 aromatic rings. The van der Waals surface area contributed by atoms with Gasteiger partial charge in [0.1, 0.15) is 12.1 Å². The van der Waals surface area contributed by atoms with Gasteiger partial charge >= 0.3 is 5.97 Å². The molecule has 0 aliphatic heterocycles. The molecule has 1 amide bonds. The smallest absolute Gasteiger partial charge is 0.328 e. The van der Waals surface area contributed by atoms with Crippen molar-refractivity contribution in [3.05, 3.63) is 35.9 Å². The highest BCUT2D eigenvalue weighted by Gasteiger charge is 2.24. The van der Waals surface area contributed by atoms with Gasteiger partial charge in [-0.3, -0.25) is 4.79 Å². The van der Waals surface area contributed by atoms with Crippen LogP contribution in [0.25, 0.3) is 0 Å². The Hall–Kier alpha value is -1.92. The number of ether oxygens (including phenoxy) is 1. The summed E-state index contributed by atoms with van der Waals surface area (Å²) in [5.74, 6) is -0.973. The van der Waals surface area contributed by atoms with Gasteiger partial charge < -0.3 is 15.3 Å². The fourth-order valence-electron chi connectivity index (χ4n) is 1.61. The summed E-state index contributed by atoms with van der Waals surface area (Å²) >= 11 is 0. The number of nitrogens with one attached hydrogen (secondary N) is 1. The minimum Gasteiger partial charge on any atom is -0.467 e. The van der Waals surface area contributed by atoms with Crippen molar-refractivity contribution in [2.45, 2.75) is 32.5 Å². The normalized spacial score (nSPS) is 13.7. The van der Waals surface area contributed by atoms with E-state index in [1.807, 2.05) is 30.3 Å². The van der Waals surface area contributed by atoms with Gasteiger partial charge in [-0.15, -0.1) is 0 Å². The molecule has 0 saturated heterocycles. The van der Waals surface area contributed by atoms with Gasteiger partial charge in [0.05, 0.1) is 7.11 Å². The average Bonchev–Trinajstić information content (AvgIpc) is 2.46. The highest BCUT2D eigenvalue weighted by molar-refractivity contribution is 5.86. The van der Waals surface area contributed by atoms with Crippen molar-refractivity contribution in [3.63, 3.8) is 0 Å². The number of methoxy groups -OCH3 is 1. The number of esters is 1. The minimum atomic E-state index is -0.776. The molecule has 2 atom stereocenters. The quantitative estimate of drug-likeness (QED) is 0.599. The van der Waals surface area contributed by atoms with E-state index in [4.69, 9.17) is 0 Å². The topological polar surface area (TPSA) is 78.9 Å². The minimum absolute atomic E-state index is 0.224. The second-order valence-corrected chi connectivity index (χ2v) is 4.51. The molecule has 1 aromatic carbocycles. The zero-order valence-corrected chi connectivity index (χ0v) is 11.9. The predicted octanol–water partition coefficient (Wildman–Crippen LogP) is 0.944. The summed E-state index contributed by atoms with van der Waals surface area (Å²) in [6.45, 7) is 3.31. The van der Waals surface area contributed by atoms with Crippen LogP contribution in [0.5, 0.6) is 0 Å². The molecule has 110 valence electrons. The number of carbonyl (C=O) groups excluding carboxylic acids is 2. The highest BCUT2D eigenvalue weighted by atomic mass is 16.5. The predicted molar refractivity (Wildman–Crippen MR) is 72.9 cm³/mol. The number of nitrogens with zero attached hydrogens (tertiary/aromatic N) is 1. The lowest BCUT2D eigenvalue weighted by molar-refractivity contribution is -0.159. The average molecular weight is 280 g/mol. The van der Waals surface area contributed by atoms with Crippen molar-refractivity contribution < 1.29 is 19.5 Å². The van der Waals surface area contributed by atoms with E-state index in [0.717, 1.165) is 10.6 Å². The Balaban J connectivity index is 2.53. The lowest BCUT2D eigenvalue weighted by Gasteiger charge is -2.23. The molecule has 0 fully saturated rings. The molecule has 1 rings (SSSR count). The second-order valence-electron chi connectivity index (χ2n) is 4.51. The van der Waals surface area contributed by atoms with Gasteiger partial charge in [-0.05, 0) is 19.4 Å². The van der Waals surface area contributed by atoms with E-state index >= 15 is 0 Å². The van der Waals surface area contributed by atoms with E-state index in [1.54, 1.807) is 6.92 Å².